The van der Waals surface area contributed by atoms with Gasteiger partial charge in [0.15, 0.2) is 0 Å². The quantitative estimate of drug-likeness (QED) is 0.639. The van der Waals surface area contributed by atoms with Gasteiger partial charge in [-0.1, -0.05) is 29.8 Å². The molecule has 0 radical (unpaired) electrons. The number of methoxy groups -OCH3 is 1. The summed E-state index contributed by atoms with van der Waals surface area (Å²) in [6.07, 6.45) is 0. The standard InChI is InChI=1S/C13H19BrClNO/c1-13(2,9-16-7-6-15)11-8-10(14)4-5-12(11)17-3/h4-5,8,16H,6-7,9H2,1-3H3. The molecule has 0 spiro atoms. The average Bonchev–Trinajstić information content (AvgIpc) is 2.29. The Balaban J connectivity index is 2.91. The van der Waals surface area contributed by atoms with Gasteiger partial charge in [-0.3, -0.25) is 0 Å². The molecule has 0 aromatic heterocycles. The summed E-state index contributed by atoms with van der Waals surface area (Å²) >= 11 is 9.17. The zero-order valence-corrected chi connectivity index (χ0v) is 12.9. The predicted molar refractivity (Wildman–Crippen MR) is 77.3 cm³/mol. The number of nitrogens with one attached hydrogen (secondary N) is 1. The maximum Gasteiger partial charge on any atom is 0.122 e. The molecule has 0 fully saturated rings. The van der Waals surface area contributed by atoms with Crippen LogP contribution in [-0.2, 0) is 5.41 Å². The Labute approximate surface area is 117 Å². The minimum absolute atomic E-state index is 0.00117. The monoisotopic (exact) mass is 319 g/mol. The largest absolute Gasteiger partial charge is 0.496 e. The second-order valence-electron chi connectivity index (χ2n) is 4.59. The van der Waals surface area contributed by atoms with Crippen LogP contribution in [0.3, 0.4) is 0 Å². The first kappa shape index (κ1) is 14.8. The lowest BCUT2D eigenvalue weighted by Gasteiger charge is -2.27. The molecule has 96 valence electrons. The highest BCUT2D eigenvalue weighted by Gasteiger charge is 2.24. The van der Waals surface area contributed by atoms with Gasteiger partial charge in [0.1, 0.15) is 5.75 Å². The SMILES string of the molecule is COc1ccc(Br)cc1C(C)(C)CNCCCl. The zero-order chi connectivity index (χ0) is 12.9. The third-order valence-corrected chi connectivity index (χ3v) is 3.41. The van der Waals surface area contributed by atoms with E-state index in [4.69, 9.17) is 16.3 Å². The van der Waals surface area contributed by atoms with Crippen molar-refractivity contribution in [1.29, 1.82) is 0 Å². The van der Waals surface area contributed by atoms with Gasteiger partial charge < -0.3 is 10.1 Å². The van der Waals surface area contributed by atoms with Gasteiger partial charge in [-0.2, -0.15) is 0 Å². The fourth-order valence-electron chi connectivity index (χ4n) is 1.77. The van der Waals surface area contributed by atoms with Crippen LogP contribution in [0.2, 0.25) is 0 Å². The molecule has 1 rings (SSSR count). The van der Waals surface area contributed by atoms with E-state index in [1.807, 2.05) is 12.1 Å². The third kappa shape index (κ3) is 4.16. The van der Waals surface area contributed by atoms with E-state index in [-0.39, 0.29) is 5.41 Å². The van der Waals surface area contributed by atoms with Crippen LogP contribution < -0.4 is 10.1 Å². The third-order valence-electron chi connectivity index (χ3n) is 2.73. The summed E-state index contributed by atoms with van der Waals surface area (Å²) in [5.74, 6) is 1.55. The molecule has 1 aromatic carbocycles. The second kappa shape index (κ2) is 6.62. The van der Waals surface area contributed by atoms with Gasteiger partial charge in [-0.05, 0) is 18.2 Å². The summed E-state index contributed by atoms with van der Waals surface area (Å²) in [7, 11) is 1.70. The molecule has 0 saturated carbocycles. The van der Waals surface area contributed by atoms with Crippen molar-refractivity contribution in [2.75, 3.05) is 26.1 Å². The second-order valence-corrected chi connectivity index (χ2v) is 5.89. The zero-order valence-electron chi connectivity index (χ0n) is 10.5. The van der Waals surface area contributed by atoms with Gasteiger partial charge in [-0.15, -0.1) is 11.6 Å². The first-order chi connectivity index (χ1) is 8.01. The molecule has 0 bridgehead atoms. The Kier molecular flexibility index (Phi) is 5.77. The maximum absolute atomic E-state index is 5.67. The van der Waals surface area contributed by atoms with Crippen molar-refractivity contribution in [2.45, 2.75) is 19.3 Å². The Morgan fingerprint density at radius 3 is 2.71 bits per heavy atom. The fraction of sp³-hybridized carbons (Fsp3) is 0.538. The molecule has 0 amide bonds. The number of ether oxygens (including phenoxy) is 1. The molecule has 17 heavy (non-hydrogen) atoms. The van der Waals surface area contributed by atoms with E-state index in [9.17, 15) is 0 Å². The average molecular weight is 321 g/mol. The van der Waals surface area contributed by atoms with Crippen molar-refractivity contribution in [3.63, 3.8) is 0 Å². The van der Waals surface area contributed by atoms with E-state index in [0.717, 1.165) is 23.3 Å². The van der Waals surface area contributed by atoms with E-state index in [2.05, 4.69) is 41.2 Å². The highest BCUT2D eigenvalue weighted by atomic mass is 79.9. The van der Waals surface area contributed by atoms with E-state index in [1.165, 1.54) is 5.56 Å². The molecule has 0 atom stereocenters. The van der Waals surface area contributed by atoms with Crippen LogP contribution in [0.15, 0.2) is 22.7 Å². The molecule has 4 heteroatoms. The van der Waals surface area contributed by atoms with Crippen LogP contribution in [0.25, 0.3) is 0 Å². The first-order valence-electron chi connectivity index (χ1n) is 5.62. The number of alkyl halides is 1. The summed E-state index contributed by atoms with van der Waals surface area (Å²) < 4.78 is 6.49. The normalized spacial score (nSPS) is 11.6. The topological polar surface area (TPSA) is 21.3 Å². The lowest BCUT2D eigenvalue weighted by molar-refractivity contribution is 0.386. The molecule has 0 saturated heterocycles. The van der Waals surface area contributed by atoms with Crippen molar-refractivity contribution >= 4 is 27.5 Å². The van der Waals surface area contributed by atoms with Crippen molar-refractivity contribution in [3.05, 3.63) is 28.2 Å². The molecule has 2 nitrogen and oxygen atoms in total. The predicted octanol–water partition coefficient (Wildman–Crippen LogP) is 3.56. The van der Waals surface area contributed by atoms with E-state index in [0.29, 0.717) is 5.88 Å². The van der Waals surface area contributed by atoms with Crippen molar-refractivity contribution < 1.29 is 4.74 Å². The highest BCUT2D eigenvalue weighted by molar-refractivity contribution is 9.10. The summed E-state index contributed by atoms with van der Waals surface area (Å²) in [4.78, 5) is 0. The number of halogens is 2. The molecule has 1 aromatic rings. The molecule has 0 aliphatic carbocycles. The Morgan fingerprint density at radius 1 is 1.41 bits per heavy atom. The number of rotatable bonds is 6. The summed E-state index contributed by atoms with van der Waals surface area (Å²) in [6.45, 7) is 6.07. The maximum atomic E-state index is 5.67. The van der Waals surface area contributed by atoms with E-state index in [1.54, 1.807) is 7.11 Å². The summed E-state index contributed by atoms with van der Waals surface area (Å²) in [5, 5.41) is 3.34. The minimum atomic E-state index is 0.00117. The van der Waals surface area contributed by atoms with Crippen LogP contribution in [0, 0.1) is 0 Å². The number of hydrogen-bond acceptors (Lipinski definition) is 2. The van der Waals surface area contributed by atoms with Gasteiger partial charge >= 0.3 is 0 Å². The smallest absolute Gasteiger partial charge is 0.122 e. The van der Waals surface area contributed by atoms with Gasteiger partial charge in [0.05, 0.1) is 7.11 Å². The van der Waals surface area contributed by atoms with Gasteiger partial charge in [0.2, 0.25) is 0 Å². The summed E-state index contributed by atoms with van der Waals surface area (Å²) in [5.41, 5.74) is 1.19. The minimum Gasteiger partial charge on any atom is -0.496 e. The lowest BCUT2D eigenvalue weighted by Crippen LogP contribution is -2.34. The van der Waals surface area contributed by atoms with Crippen molar-refractivity contribution in [3.8, 4) is 5.75 Å². The molecule has 0 heterocycles. The van der Waals surface area contributed by atoms with E-state index >= 15 is 0 Å². The molecule has 1 N–H and O–H groups in total. The molecule has 0 unspecified atom stereocenters. The van der Waals surface area contributed by atoms with Gasteiger partial charge in [-0.25, -0.2) is 0 Å². The van der Waals surface area contributed by atoms with Gasteiger partial charge in [0.25, 0.3) is 0 Å². The van der Waals surface area contributed by atoms with E-state index < -0.39 is 0 Å². The fourth-order valence-corrected chi connectivity index (χ4v) is 2.27. The van der Waals surface area contributed by atoms with Crippen LogP contribution in [-0.4, -0.2) is 26.1 Å². The highest BCUT2D eigenvalue weighted by Crippen LogP contribution is 2.33. The van der Waals surface area contributed by atoms with Crippen LogP contribution in [0.4, 0.5) is 0 Å². The van der Waals surface area contributed by atoms with Crippen molar-refractivity contribution in [2.24, 2.45) is 0 Å². The van der Waals surface area contributed by atoms with Gasteiger partial charge in [0, 0.05) is 34.4 Å². The van der Waals surface area contributed by atoms with Crippen molar-refractivity contribution in [1.82, 2.24) is 5.32 Å². The lowest BCUT2D eigenvalue weighted by atomic mass is 9.84. The molecule has 0 aliphatic heterocycles. The Bertz CT molecular complexity index is 368. The number of hydrogen-bond donors (Lipinski definition) is 1. The Morgan fingerprint density at radius 2 is 2.12 bits per heavy atom. The van der Waals surface area contributed by atoms with Crippen LogP contribution in [0.1, 0.15) is 19.4 Å². The summed E-state index contributed by atoms with van der Waals surface area (Å²) in [6, 6.07) is 6.09. The Hall–Kier alpha value is -0.250. The van der Waals surface area contributed by atoms with Crippen LogP contribution in [0.5, 0.6) is 5.75 Å². The molecular weight excluding hydrogens is 302 g/mol. The first-order valence-corrected chi connectivity index (χ1v) is 6.94. The van der Waals surface area contributed by atoms with Crippen LogP contribution >= 0.6 is 27.5 Å². The molecule has 0 aliphatic rings. The number of benzene rings is 1. The molecular formula is C13H19BrClNO.